The third kappa shape index (κ3) is 2.97. The molecule has 1 unspecified atom stereocenters. The molecule has 2 rings (SSSR count). The quantitative estimate of drug-likeness (QED) is 0.557. The van der Waals surface area contributed by atoms with Crippen LogP contribution in [0.1, 0.15) is 33.1 Å². The van der Waals surface area contributed by atoms with Crippen molar-refractivity contribution in [2.45, 2.75) is 38.0 Å². The summed E-state index contributed by atoms with van der Waals surface area (Å²) in [5, 5.41) is 0. The highest BCUT2D eigenvalue weighted by molar-refractivity contribution is 7.99. The largest absolute Gasteiger partial charge is 0.303 e. The van der Waals surface area contributed by atoms with Gasteiger partial charge in [0.25, 0.3) is 0 Å². The Bertz CT molecular complexity index is 389. The van der Waals surface area contributed by atoms with Crippen molar-refractivity contribution in [1.82, 2.24) is 0 Å². The summed E-state index contributed by atoms with van der Waals surface area (Å²) in [6.07, 6.45) is 4.35. The third-order valence-electron chi connectivity index (χ3n) is 4.41. The molecule has 0 N–H and O–H groups in total. The first kappa shape index (κ1) is 13.7. The summed E-state index contributed by atoms with van der Waals surface area (Å²) in [6, 6.07) is 10.6. The fraction of sp³-hybridized carbons (Fsp3) is 0.562. The Hall–Kier alpha value is -0.760. The molecule has 1 aromatic rings. The molecule has 1 fully saturated rings. The van der Waals surface area contributed by atoms with Crippen LogP contribution >= 0.6 is 11.8 Å². The van der Waals surface area contributed by atoms with Crippen molar-refractivity contribution in [3.05, 3.63) is 30.3 Å². The van der Waals surface area contributed by atoms with Crippen LogP contribution in [-0.4, -0.2) is 12.0 Å². The van der Waals surface area contributed by atoms with Crippen LogP contribution in [0.3, 0.4) is 0 Å². The predicted molar refractivity (Wildman–Crippen MR) is 77.8 cm³/mol. The molecule has 3 atom stereocenters. The van der Waals surface area contributed by atoms with Gasteiger partial charge in [0.2, 0.25) is 0 Å². The minimum Gasteiger partial charge on any atom is -0.303 e. The molecule has 0 heterocycles. The first-order chi connectivity index (χ1) is 8.65. The van der Waals surface area contributed by atoms with Crippen molar-refractivity contribution in [3.63, 3.8) is 0 Å². The maximum absolute atomic E-state index is 10.8. The van der Waals surface area contributed by atoms with Gasteiger partial charge in [-0.2, -0.15) is 0 Å². The van der Waals surface area contributed by atoms with Gasteiger partial charge < -0.3 is 4.79 Å². The van der Waals surface area contributed by atoms with Gasteiger partial charge in [-0.25, -0.2) is 0 Å². The van der Waals surface area contributed by atoms with Gasteiger partial charge >= 0.3 is 0 Å². The molecule has 0 radical (unpaired) electrons. The van der Waals surface area contributed by atoms with Crippen LogP contribution in [0.2, 0.25) is 0 Å². The topological polar surface area (TPSA) is 17.1 Å². The van der Waals surface area contributed by atoms with E-state index in [1.165, 1.54) is 17.7 Å². The Kier molecular flexibility index (Phi) is 4.50. The number of hydrogen-bond donors (Lipinski definition) is 0. The Balaban J connectivity index is 1.85. The van der Waals surface area contributed by atoms with Gasteiger partial charge in [-0.15, -0.1) is 11.8 Å². The van der Waals surface area contributed by atoms with Crippen LogP contribution in [0.25, 0.3) is 0 Å². The van der Waals surface area contributed by atoms with Gasteiger partial charge in [-0.05, 0) is 42.2 Å². The highest BCUT2D eigenvalue weighted by Gasteiger charge is 2.44. The summed E-state index contributed by atoms with van der Waals surface area (Å²) in [4.78, 5) is 12.1. The molecule has 0 aliphatic heterocycles. The lowest BCUT2D eigenvalue weighted by Gasteiger charge is -2.49. The zero-order valence-corrected chi connectivity index (χ0v) is 12.1. The third-order valence-corrected chi connectivity index (χ3v) is 5.71. The van der Waals surface area contributed by atoms with Crippen LogP contribution in [-0.2, 0) is 4.79 Å². The molecule has 1 saturated carbocycles. The van der Waals surface area contributed by atoms with E-state index >= 15 is 0 Å². The number of carbonyl (C=O) groups excluding carboxylic acids is 1. The number of aldehydes is 1. The maximum Gasteiger partial charge on any atom is 0.120 e. The van der Waals surface area contributed by atoms with Gasteiger partial charge in [0.05, 0.1) is 0 Å². The molecule has 18 heavy (non-hydrogen) atoms. The normalized spacial score (nSPS) is 28.4. The van der Waals surface area contributed by atoms with E-state index < -0.39 is 0 Å². The zero-order valence-electron chi connectivity index (χ0n) is 11.3. The molecular formula is C16H22OS. The first-order valence-corrected chi connectivity index (χ1v) is 7.76. The highest BCUT2D eigenvalue weighted by Crippen LogP contribution is 2.52. The Morgan fingerprint density at radius 1 is 1.44 bits per heavy atom. The SMILES string of the molecule is CC(CSc1ccccc1)[C@@H]1CC[C@]1(C)CC=O. The molecule has 1 nitrogen and oxygen atoms in total. The van der Waals surface area contributed by atoms with Gasteiger partial charge in [0, 0.05) is 17.1 Å². The number of benzene rings is 1. The molecule has 1 aliphatic carbocycles. The summed E-state index contributed by atoms with van der Waals surface area (Å²) in [6.45, 7) is 4.61. The van der Waals surface area contributed by atoms with Crippen molar-refractivity contribution in [1.29, 1.82) is 0 Å². The van der Waals surface area contributed by atoms with Crippen LogP contribution in [0, 0.1) is 17.3 Å². The molecule has 98 valence electrons. The Morgan fingerprint density at radius 2 is 2.17 bits per heavy atom. The van der Waals surface area contributed by atoms with E-state index in [0.29, 0.717) is 5.92 Å². The second-order valence-electron chi connectivity index (χ2n) is 5.77. The minimum absolute atomic E-state index is 0.276. The van der Waals surface area contributed by atoms with Crippen LogP contribution in [0.5, 0.6) is 0 Å². The van der Waals surface area contributed by atoms with Crippen LogP contribution < -0.4 is 0 Å². The zero-order chi connectivity index (χ0) is 13.0. The lowest BCUT2D eigenvalue weighted by Crippen LogP contribution is -2.42. The number of thioether (sulfide) groups is 1. The summed E-state index contributed by atoms with van der Waals surface area (Å²) in [5.41, 5.74) is 0.276. The molecule has 0 spiro atoms. The maximum atomic E-state index is 10.8. The predicted octanol–water partition coefficient (Wildman–Crippen LogP) is 4.42. The van der Waals surface area contributed by atoms with E-state index in [2.05, 4.69) is 44.2 Å². The molecule has 0 saturated heterocycles. The average molecular weight is 262 g/mol. The second-order valence-corrected chi connectivity index (χ2v) is 6.86. The van der Waals surface area contributed by atoms with Gasteiger partial charge in [-0.3, -0.25) is 0 Å². The molecule has 0 aromatic heterocycles. The fourth-order valence-corrected chi connectivity index (χ4v) is 4.12. The molecule has 0 amide bonds. The molecule has 0 bridgehead atoms. The summed E-state index contributed by atoms with van der Waals surface area (Å²) in [5.74, 6) is 2.57. The highest BCUT2D eigenvalue weighted by atomic mass is 32.2. The number of hydrogen-bond acceptors (Lipinski definition) is 2. The minimum atomic E-state index is 0.276. The van der Waals surface area contributed by atoms with Crippen molar-refractivity contribution in [2.24, 2.45) is 17.3 Å². The van der Waals surface area contributed by atoms with E-state index in [4.69, 9.17) is 0 Å². The number of carbonyl (C=O) groups is 1. The van der Waals surface area contributed by atoms with E-state index in [9.17, 15) is 4.79 Å². The van der Waals surface area contributed by atoms with Gasteiger partial charge in [0.1, 0.15) is 6.29 Å². The van der Waals surface area contributed by atoms with Crippen LogP contribution in [0.4, 0.5) is 0 Å². The van der Waals surface area contributed by atoms with Crippen molar-refractivity contribution >= 4 is 18.0 Å². The Labute approximate surface area is 114 Å². The number of rotatable bonds is 6. The lowest BCUT2D eigenvalue weighted by atomic mass is 9.56. The smallest absolute Gasteiger partial charge is 0.120 e. The van der Waals surface area contributed by atoms with Crippen molar-refractivity contribution < 1.29 is 4.79 Å². The van der Waals surface area contributed by atoms with E-state index in [1.807, 2.05) is 11.8 Å². The molecule has 1 aliphatic rings. The van der Waals surface area contributed by atoms with E-state index in [1.54, 1.807) is 0 Å². The van der Waals surface area contributed by atoms with Crippen LogP contribution in [0.15, 0.2) is 35.2 Å². The fourth-order valence-electron chi connectivity index (χ4n) is 3.08. The van der Waals surface area contributed by atoms with Gasteiger partial charge in [-0.1, -0.05) is 32.0 Å². The molecular weight excluding hydrogens is 240 g/mol. The summed E-state index contributed by atoms with van der Waals surface area (Å²) in [7, 11) is 0. The van der Waals surface area contributed by atoms with Gasteiger partial charge in [0.15, 0.2) is 0 Å². The summed E-state index contributed by atoms with van der Waals surface area (Å²) >= 11 is 1.94. The average Bonchev–Trinajstić information content (AvgIpc) is 2.37. The standard InChI is InChI=1S/C16H22OS/c1-13(12-18-14-6-4-3-5-7-14)15-8-9-16(15,2)10-11-17/h3-7,11,13,15H,8-10,12H2,1-2H3/t13?,15-,16+/m0/s1. The van der Waals surface area contributed by atoms with E-state index in [-0.39, 0.29) is 5.41 Å². The lowest BCUT2D eigenvalue weighted by molar-refractivity contribution is -0.113. The van der Waals surface area contributed by atoms with Crippen molar-refractivity contribution in [3.8, 4) is 0 Å². The van der Waals surface area contributed by atoms with Crippen molar-refractivity contribution in [2.75, 3.05) is 5.75 Å². The first-order valence-electron chi connectivity index (χ1n) is 6.77. The molecule has 2 heteroatoms. The monoisotopic (exact) mass is 262 g/mol. The summed E-state index contributed by atoms with van der Waals surface area (Å²) < 4.78 is 0. The van der Waals surface area contributed by atoms with E-state index in [0.717, 1.165) is 24.4 Å². The second kappa shape index (κ2) is 5.92. The molecule has 1 aromatic carbocycles. The Morgan fingerprint density at radius 3 is 2.72 bits per heavy atom.